The second-order valence-corrected chi connectivity index (χ2v) is 11.1. The third-order valence-corrected chi connectivity index (χ3v) is 7.78. The lowest BCUT2D eigenvalue weighted by molar-refractivity contribution is 0.214. The third kappa shape index (κ3) is 4.95. The molecule has 0 amide bonds. The smallest absolute Gasteiger partial charge is 0.225 e. The van der Waals surface area contributed by atoms with Crippen LogP contribution in [0.15, 0.2) is 43.0 Å². The molecule has 3 N–H and O–H groups in total. The first-order valence-corrected chi connectivity index (χ1v) is 13.5. The van der Waals surface area contributed by atoms with Crippen LogP contribution in [0.3, 0.4) is 0 Å². The van der Waals surface area contributed by atoms with E-state index in [9.17, 15) is 8.42 Å². The van der Waals surface area contributed by atoms with Crippen LogP contribution in [0.2, 0.25) is 10.0 Å². The quantitative estimate of drug-likeness (QED) is 0.347. The molecule has 0 radical (unpaired) electrons. The van der Waals surface area contributed by atoms with Gasteiger partial charge in [0.15, 0.2) is 6.23 Å². The average molecular weight is 549 g/mol. The number of H-pyrrole nitrogens is 1. The number of nitrogens with one attached hydrogen (secondary N) is 1. The van der Waals surface area contributed by atoms with Gasteiger partial charge in [0, 0.05) is 67.5 Å². The summed E-state index contributed by atoms with van der Waals surface area (Å²) in [6.07, 6.45) is 6.62. The Morgan fingerprint density at radius 1 is 1.06 bits per heavy atom. The lowest BCUT2D eigenvalue weighted by atomic mass is 10.1. The van der Waals surface area contributed by atoms with Crippen molar-refractivity contribution in [1.29, 1.82) is 0 Å². The lowest BCUT2D eigenvalue weighted by Gasteiger charge is -2.33. The minimum atomic E-state index is -3.20. The number of fused-ring (bicyclic) bond motifs is 1. The number of pyridine rings is 1. The van der Waals surface area contributed by atoms with E-state index in [4.69, 9.17) is 33.7 Å². The summed E-state index contributed by atoms with van der Waals surface area (Å²) in [5.41, 5.74) is 8.82. The van der Waals surface area contributed by atoms with Crippen LogP contribution < -0.4 is 15.4 Å². The van der Waals surface area contributed by atoms with Crippen LogP contribution in [0.1, 0.15) is 11.8 Å². The van der Waals surface area contributed by atoms with Crippen LogP contribution in [0, 0.1) is 0 Å². The highest BCUT2D eigenvalue weighted by Gasteiger charge is 2.25. The van der Waals surface area contributed by atoms with E-state index >= 15 is 0 Å². The second-order valence-electron chi connectivity index (χ2n) is 8.26. The molecule has 0 unspecified atom stereocenters. The number of aromatic amines is 1. The number of sulfonamides is 1. The molecule has 4 heterocycles. The van der Waals surface area contributed by atoms with Gasteiger partial charge in [-0.05, 0) is 18.2 Å². The summed E-state index contributed by atoms with van der Waals surface area (Å²) in [6, 6.07) is 5.42. The van der Waals surface area contributed by atoms with Crippen molar-refractivity contribution in [3.8, 4) is 17.0 Å². The van der Waals surface area contributed by atoms with E-state index in [1.807, 2.05) is 17.0 Å². The molecular formula is C22H22Cl2N8O3S. The largest absolute Gasteiger partial charge is 0.471 e. The molecule has 1 atom stereocenters. The fourth-order valence-electron chi connectivity index (χ4n) is 4.01. The molecule has 0 bridgehead atoms. The monoisotopic (exact) mass is 548 g/mol. The van der Waals surface area contributed by atoms with Crippen molar-refractivity contribution in [3.63, 3.8) is 0 Å². The van der Waals surface area contributed by atoms with E-state index in [0.29, 0.717) is 64.7 Å². The van der Waals surface area contributed by atoms with E-state index in [-0.39, 0.29) is 0 Å². The van der Waals surface area contributed by atoms with E-state index in [1.54, 1.807) is 18.5 Å². The maximum Gasteiger partial charge on any atom is 0.225 e. The zero-order valence-corrected chi connectivity index (χ0v) is 21.4. The highest BCUT2D eigenvalue weighted by Crippen LogP contribution is 2.33. The molecule has 0 aliphatic carbocycles. The van der Waals surface area contributed by atoms with E-state index in [0.717, 1.165) is 10.9 Å². The minimum Gasteiger partial charge on any atom is -0.471 e. The number of nitrogens with zero attached hydrogens (tertiary/aromatic N) is 6. The van der Waals surface area contributed by atoms with Crippen molar-refractivity contribution >= 4 is 50.1 Å². The van der Waals surface area contributed by atoms with Crippen LogP contribution in [0.4, 0.5) is 5.95 Å². The molecule has 14 heteroatoms. The van der Waals surface area contributed by atoms with Crippen molar-refractivity contribution in [3.05, 3.63) is 58.6 Å². The highest BCUT2D eigenvalue weighted by molar-refractivity contribution is 7.88. The molecular weight excluding hydrogens is 527 g/mol. The number of piperazine rings is 1. The van der Waals surface area contributed by atoms with Gasteiger partial charge in [-0.25, -0.2) is 18.4 Å². The molecule has 4 aromatic rings. The first-order valence-electron chi connectivity index (χ1n) is 10.9. The number of rotatable bonds is 6. The summed E-state index contributed by atoms with van der Waals surface area (Å²) in [6.45, 7) is 1.83. The maximum atomic E-state index is 11.7. The Balaban J connectivity index is 1.35. The zero-order chi connectivity index (χ0) is 25.4. The molecule has 1 fully saturated rings. The molecule has 36 heavy (non-hydrogen) atoms. The topological polar surface area (TPSA) is 143 Å². The van der Waals surface area contributed by atoms with Crippen LogP contribution in [-0.2, 0) is 10.0 Å². The second kappa shape index (κ2) is 9.79. The van der Waals surface area contributed by atoms with E-state index in [2.05, 4.69) is 25.1 Å². The van der Waals surface area contributed by atoms with Gasteiger partial charge in [-0.3, -0.25) is 15.8 Å². The number of halogens is 2. The van der Waals surface area contributed by atoms with Crippen LogP contribution >= 0.6 is 23.2 Å². The standard InChI is InChI=1S/C22H22Cl2N8O3S/c1-36(33,34)32-6-4-31(5-7-32)22-27-9-13(10-28-22)20-15-8-14(2-3-18(15)29-30-20)35-21(25)19-16(23)11-26-12-17(19)24/h2-3,8-12,21H,4-7,25H2,1H3,(H,29,30)/t21-/m0/s1. The Morgan fingerprint density at radius 2 is 1.72 bits per heavy atom. The van der Waals surface area contributed by atoms with E-state index in [1.165, 1.54) is 23.0 Å². The summed E-state index contributed by atoms with van der Waals surface area (Å²) in [5, 5.41) is 8.85. The van der Waals surface area contributed by atoms with Crippen molar-refractivity contribution in [1.82, 2.24) is 29.5 Å². The highest BCUT2D eigenvalue weighted by atomic mass is 35.5. The molecule has 1 aliphatic heterocycles. The Bertz CT molecular complexity index is 1490. The third-order valence-electron chi connectivity index (χ3n) is 5.87. The summed E-state index contributed by atoms with van der Waals surface area (Å²) in [5.74, 6) is 1.04. The van der Waals surface area contributed by atoms with Gasteiger partial charge in [-0.15, -0.1) is 0 Å². The molecule has 0 spiro atoms. The first-order chi connectivity index (χ1) is 17.2. The molecule has 3 aromatic heterocycles. The summed E-state index contributed by atoms with van der Waals surface area (Å²) >= 11 is 12.4. The molecule has 1 aromatic carbocycles. The van der Waals surface area contributed by atoms with Gasteiger partial charge in [0.25, 0.3) is 0 Å². The Hall–Kier alpha value is -3.03. The van der Waals surface area contributed by atoms with Gasteiger partial charge >= 0.3 is 0 Å². The number of aromatic nitrogens is 5. The van der Waals surface area contributed by atoms with Gasteiger partial charge in [0.1, 0.15) is 11.4 Å². The average Bonchev–Trinajstić information content (AvgIpc) is 3.27. The maximum absolute atomic E-state index is 11.7. The van der Waals surface area contributed by atoms with Crippen LogP contribution in [0.25, 0.3) is 22.2 Å². The molecule has 1 aliphatic rings. The van der Waals surface area contributed by atoms with Crippen molar-refractivity contribution < 1.29 is 13.2 Å². The molecule has 0 saturated carbocycles. The number of hydrogen-bond acceptors (Lipinski definition) is 9. The number of hydrogen-bond donors (Lipinski definition) is 2. The zero-order valence-electron chi connectivity index (χ0n) is 19.1. The predicted octanol–water partition coefficient (Wildman–Crippen LogP) is 2.84. The van der Waals surface area contributed by atoms with Crippen molar-refractivity contribution in [2.75, 3.05) is 37.3 Å². The fraction of sp³-hybridized carbons (Fsp3) is 0.273. The van der Waals surface area contributed by atoms with Gasteiger partial charge < -0.3 is 9.64 Å². The van der Waals surface area contributed by atoms with Crippen molar-refractivity contribution in [2.45, 2.75) is 6.23 Å². The van der Waals surface area contributed by atoms with Gasteiger partial charge in [0.2, 0.25) is 16.0 Å². The lowest BCUT2D eigenvalue weighted by Crippen LogP contribution is -2.48. The number of nitrogens with two attached hydrogens (primary N) is 1. The van der Waals surface area contributed by atoms with Crippen LogP contribution in [-0.4, -0.2) is 70.3 Å². The Morgan fingerprint density at radius 3 is 2.36 bits per heavy atom. The van der Waals surface area contributed by atoms with E-state index < -0.39 is 16.3 Å². The van der Waals surface area contributed by atoms with Gasteiger partial charge in [0.05, 0.1) is 21.8 Å². The minimum absolute atomic E-state index is 0.315. The van der Waals surface area contributed by atoms with Gasteiger partial charge in [-0.2, -0.15) is 9.40 Å². The summed E-state index contributed by atoms with van der Waals surface area (Å²) < 4.78 is 30.8. The predicted molar refractivity (Wildman–Crippen MR) is 138 cm³/mol. The van der Waals surface area contributed by atoms with Gasteiger partial charge in [-0.1, -0.05) is 23.2 Å². The van der Waals surface area contributed by atoms with Crippen LogP contribution in [0.5, 0.6) is 5.75 Å². The molecule has 11 nitrogen and oxygen atoms in total. The number of anilines is 1. The normalized spacial score (nSPS) is 15.8. The fourth-order valence-corrected chi connectivity index (χ4v) is 5.42. The summed E-state index contributed by atoms with van der Waals surface area (Å²) in [7, 11) is -3.20. The summed E-state index contributed by atoms with van der Waals surface area (Å²) in [4.78, 5) is 14.9. The molecule has 5 rings (SSSR count). The first kappa shape index (κ1) is 24.7. The Kier molecular flexibility index (Phi) is 6.70. The molecule has 188 valence electrons. The SMILES string of the molecule is CS(=O)(=O)N1CCN(c2ncc(-c3n[nH]c4ccc(O[C@H](N)c5c(Cl)cncc5Cl)cc34)cn2)CC1. The molecule has 1 saturated heterocycles. The number of benzene rings is 1. The Labute approximate surface area is 217 Å². The number of ether oxygens (including phenoxy) is 1. The van der Waals surface area contributed by atoms with Crippen molar-refractivity contribution in [2.24, 2.45) is 5.73 Å².